The van der Waals surface area contributed by atoms with Gasteiger partial charge in [-0.05, 0) is 37.7 Å². The van der Waals surface area contributed by atoms with Gasteiger partial charge in [0.05, 0.1) is 37.6 Å². The maximum atomic E-state index is 13.8. The van der Waals surface area contributed by atoms with Crippen LogP contribution in [-0.4, -0.2) is 125 Å². The highest BCUT2D eigenvalue weighted by Crippen LogP contribution is 2.60. The van der Waals surface area contributed by atoms with Gasteiger partial charge < -0.3 is 55.3 Å². The molecule has 444 valence electrons. The quantitative estimate of drug-likeness (QED) is 0.0180. The minimum atomic E-state index is -5.76. The lowest BCUT2D eigenvalue weighted by atomic mass is 9.82. The lowest BCUT2D eigenvalue weighted by molar-refractivity contribution is -0.196. The molecule has 2 bridgehead atoms. The van der Waals surface area contributed by atoms with Crippen molar-refractivity contribution < 1.29 is 86.4 Å². The maximum Gasteiger partial charge on any atom is 0.481 e. The lowest BCUT2D eigenvalue weighted by Gasteiger charge is -2.40. The summed E-state index contributed by atoms with van der Waals surface area (Å²) in [5.41, 5.74) is 4.67. The monoisotopic (exact) mass is 1140 g/mol. The van der Waals surface area contributed by atoms with Crippen LogP contribution in [0.1, 0.15) is 200 Å². The second kappa shape index (κ2) is 37.1. The second-order valence-corrected chi connectivity index (χ2v) is 24.0. The van der Waals surface area contributed by atoms with Gasteiger partial charge in [-0.1, -0.05) is 148 Å². The number of aromatic nitrogens is 2. The highest BCUT2D eigenvalue weighted by Gasteiger charge is 2.45. The number of aliphatic hydroxyl groups excluding tert-OH is 5. The molecular weight excluding hydrogens is 1040 g/mol. The first kappa shape index (κ1) is 68.3. The summed E-state index contributed by atoms with van der Waals surface area (Å²) >= 11 is 0. The number of phosphoric ester groups is 2. The van der Waals surface area contributed by atoms with E-state index >= 15 is 0 Å². The van der Waals surface area contributed by atoms with E-state index in [-0.39, 0.29) is 37.9 Å². The summed E-state index contributed by atoms with van der Waals surface area (Å²) in [6.07, 6.45) is 9.48. The Bertz CT molecular complexity index is 2050. The van der Waals surface area contributed by atoms with Gasteiger partial charge in [0.2, 0.25) is 0 Å². The van der Waals surface area contributed by atoms with Crippen molar-refractivity contribution in [3.05, 3.63) is 34.9 Å². The average Bonchev–Trinajstić information content (AvgIpc) is 3.37. The molecule has 0 saturated carbocycles. The second-order valence-electron chi connectivity index (χ2n) is 21.0. The molecule has 0 amide bonds. The average molecular weight is 1140 g/mol. The van der Waals surface area contributed by atoms with Crippen molar-refractivity contribution in [3.8, 4) is 0 Å². The summed E-state index contributed by atoms with van der Waals surface area (Å²) in [4.78, 5) is 78.0. The van der Waals surface area contributed by atoms with Gasteiger partial charge in [0.15, 0.2) is 6.10 Å². The Balaban J connectivity index is 1.71. The highest BCUT2D eigenvalue weighted by atomic mass is 31.3. The van der Waals surface area contributed by atoms with Crippen molar-refractivity contribution in [2.24, 2.45) is 17.8 Å². The van der Waals surface area contributed by atoms with E-state index in [0.29, 0.717) is 19.3 Å². The third-order valence-corrected chi connectivity index (χ3v) is 16.9. The molecule has 2 aliphatic heterocycles. The summed E-state index contributed by atoms with van der Waals surface area (Å²) in [5.74, 6) is -4.32. The van der Waals surface area contributed by atoms with Gasteiger partial charge >= 0.3 is 33.3 Å². The van der Waals surface area contributed by atoms with Gasteiger partial charge in [-0.15, -0.1) is 0 Å². The normalized spacial score (nSPS) is 29.7. The van der Waals surface area contributed by atoms with E-state index in [1.54, 1.807) is 0 Å². The Labute approximate surface area is 455 Å². The fraction of sp³-hybridized carbons (Fsp3) is 0.830. The molecule has 24 heteroatoms. The molecular formula is C53H93N3O19P2. The number of hydrogen-bond donors (Lipinski definition) is 8. The molecule has 2 fully saturated rings. The molecule has 1 aromatic heterocycles. The zero-order chi connectivity index (χ0) is 56.8. The van der Waals surface area contributed by atoms with Crippen LogP contribution in [0.3, 0.4) is 0 Å². The predicted molar refractivity (Wildman–Crippen MR) is 287 cm³/mol. The van der Waals surface area contributed by atoms with Gasteiger partial charge in [0.1, 0.15) is 36.6 Å². The van der Waals surface area contributed by atoms with Crippen LogP contribution in [0.15, 0.2) is 29.2 Å². The van der Waals surface area contributed by atoms with Crippen molar-refractivity contribution in [3.63, 3.8) is 0 Å². The van der Waals surface area contributed by atoms with E-state index in [0.717, 1.165) is 55.2 Å². The molecule has 22 nitrogen and oxygen atoms in total. The van der Waals surface area contributed by atoms with E-state index in [1.807, 2.05) is 6.92 Å². The Hall–Kier alpha value is -2.95. The number of esters is 2. The topological polar surface area (TPSA) is 343 Å². The van der Waals surface area contributed by atoms with Gasteiger partial charge in [0, 0.05) is 50.1 Å². The summed E-state index contributed by atoms with van der Waals surface area (Å²) in [6.45, 7) is 3.70. The third kappa shape index (κ3) is 27.9. The number of anilines is 1. The molecule has 3 heterocycles. The van der Waals surface area contributed by atoms with Crippen LogP contribution in [-0.2, 0) is 51.1 Å². The van der Waals surface area contributed by atoms with Gasteiger partial charge in [-0.3, -0.25) is 28.0 Å². The minimum absolute atomic E-state index is 0.0582. The van der Waals surface area contributed by atoms with Crippen molar-refractivity contribution in [1.82, 2.24) is 9.55 Å². The number of cyclic esters (lactones) is 1. The van der Waals surface area contributed by atoms with Crippen molar-refractivity contribution >= 4 is 39.2 Å². The predicted octanol–water partition coefficient (Wildman–Crippen LogP) is 7.81. The summed E-state index contributed by atoms with van der Waals surface area (Å²) in [7, 11) is -11.4. The van der Waals surface area contributed by atoms with E-state index in [1.165, 1.54) is 88.8 Å². The highest BCUT2D eigenvalue weighted by molar-refractivity contribution is 7.61. The number of rotatable bonds is 27. The van der Waals surface area contributed by atoms with E-state index in [2.05, 4.69) is 23.1 Å². The molecule has 0 aromatic carbocycles. The van der Waals surface area contributed by atoms with Crippen molar-refractivity contribution in [2.75, 3.05) is 25.6 Å². The number of fused-ring (bicyclic) bond motifs is 3. The number of carbonyl (C=O) groups excluding carboxylic acids is 3. The van der Waals surface area contributed by atoms with Crippen molar-refractivity contribution in [2.45, 2.75) is 243 Å². The van der Waals surface area contributed by atoms with Crippen LogP contribution >= 0.6 is 15.6 Å². The fourth-order valence-electron chi connectivity index (χ4n) is 9.46. The SMILES string of the molecule is CCCCC[C@H](O)/C=C\[C@@H]1[C@H](O)[C@H](O)[C@H]2COP(=O)(O)OP(=O)(O)OC[C@@H](COC(=O)CCCCCCCCCCCCCCCCC(C)CC)OC(=O)CCCCC(=O)C[C@H]([C@H](n3ccc(N)nc3=O)O2)[C@@H](O)C[C@H]1O. The van der Waals surface area contributed by atoms with Crippen molar-refractivity contribution in [1.29, 1.82) is 0 Å². The summed E-state index contributed by atoms with van der Waals surface area (Å²) in [6, 6.07) is 1.18. The van der Waals surface area contributed by atoms with Crippen LogP contribution in [0.5, 0.6) is 0 Å². The first-order valence-electron chi connectivity index (χ1n) is 28.3. The number of unbranched alkanes of at least 4 members (excludes halogenated alkanes) is 15. The molecule has 1 aromatic rings. The number of Topliss-reactive ketones (excluding diaryl/α,β-unsaturated/α-hetero) is 1. The van der Waals surface area contributed by atoms with Crippen LogP contribution in [0, 0.1) is 17.8 Å². The molecule has 9 N–H and O–H groups in total. The van der Waals surface area contributed by atoms with Gasteiger partial charge in [-0.2, -0.15) is 9.29 Å². The Morgan fingerprint density at radius 1 is 0.818 bits per heavy atom. The largest absolute Gasteiger partial charge is 0.481 e. The molecule has 3 unspecified atom stereocenters. The third-order valence-electron chi connectivity index (χ3n) is 14.3. The zero-order valence-electron chi connectivity index (χ0n) is 45.8. The zero-order valence-corrected chi connectivity index (χ0v) is 47.6. The molecule has 2 aliphatic rings. The molecule has 0 spiro atoms. The number of phosphoric acid groups is 2. The lowest BCUT2D eigenvalue weighted by Crippen LogP contribution is -2.52. The number of nitrogens with zero attached hydrogens (tertiary/aromatic N) is 2. The first-order chi connectivity index (χ1) is 36.6. The summed E-state index contributed by atoms with van der Waals surface area (Å²) < 4.78 is 58.8. The van der Waals surface area contributed by atoms with E-state index in [9.17, 15) is 63.6 Å². The minimum Gasteiger partial charge on any atom is -0.462 e. The van der Waals surface area contributed by atoms with Crippen LogP contribution < -0.4 is 11.4 Å². The standard InChI is InChI=1S/C53H93N3O19P2/c1-4-6-19-25-39(57)29-30-42-44(59)34-45(60)43-33-40(58)26-22-23-28-49(62)73-41(35-70-48(61)27-21-18-16-14-12-10-8-7-9-11-13-15-17-20-24-38(3)5-2)36-71-76(66,67)75-77(68,69)72-37-46(51(64)50(42)63)74-52(43)56-32-31-47(54)55-53(56)65/h29-32,38-39,41-46,50-52,57,59-60,63-64H,4-28,33-37H2,1-3H3,(H,66,67)(H,68,69)(H2,54,55,65)/b30-29-/t38?,39-,41+,42-,43-,44+,45-,46+,50-,51+,52+/m0/s1. The number of aliphatic hydroxyl groups is 5. The Morgan fingerprint density at radius 2 is 1.40 bits per heavy atom. The molecule has 0 aliphatic carbocycles. The van der Waals surface area contributed by atoms with Gasteiger partial charge in [0.25, 0.3) is 0 Å². The van der Waals surface area contributed by atoms with E-state index < -0.39 is 133 Å². The van der Waals surface area contributed by atoms with Crippen LogP contribution in [0.25, 0.3) is 0 Å². The van der Waals surface area contributed by atoms with Crippen LogP contribution in [0.4, 0.5) is 5.82 Å². The number of carbonyl (C=O) groups is 3. The molecule has 13 atom stereocenters. The number of nitrogen functional groups attached to an aromatic ring is 1. The Kier molecular flexibility index (Phi) is 33.0. The molecule has 0 radical (unpaired) electrons. The smallest absolute Gasteiger partial charge is 0.462 e. The summed E-state index contributed by atoms with van der Waals surface area (Å²) in [5, 5.41) is 57.5. The molecule has 2 saturated heterocycles. The number of hydrogen-bond acceptors (Lipinski definition) is 19. The number of ether oxygens (including phenoxy) is 3. The maximum absolute atomic E-state index is 13.8. The Morgan fingerprint density at radius 3 is 2.01 bits per heavy atom. The fourth-order valence-corrected chi connectivity index (χ4v) is 11.6. The molecule has 3 rings (SSSR count). The first-order valence-corrected chi connectivity index (χ1v) is 31.3. The van der Waals surface area contributed by atoms with Crippen LogP contribution in [0.2, 0.25) is 0 Å². The van der Waals surface area contributed by atoms with Gasteiger partial charge in [-0.25, -0.2) is 13.9 Å². The number of nitrogens with two attached hydrogens (primary N) is 1. The molecule has 77 heavy (non-hydrogen) atoms. The number of ketones is 1. The van der Waals surface area contributed by atoms with E-state index in [4.69, 9.17) is 29.0 Å².